The van der Waals surface area contributed by atoms with E-state index in [2.05, 4.69) is 11.4 Å². The first-order valence-electron chi connectivity index (χ1n) is 8.96. The number of anilines is 1. The molecule has 0 atom stereocenters. The fraction of sp³-hybridized carbons (Fsp3) is 0.526. The summed E-state index contributed by atoms with van der Waals surface area (Å²) in [5.74, 6) is -0.506. The normalized spacial score (nSPS) is 19.0. The summed E-state index contributed by atoms with van der Waals surface area (Å²) < 4.78 is 0. The van der Waals surface area contributed by atoms with Gasteiger partial charge < -0.3 is 10.2 Å². The van der Waals surface area contributed by atoms with Crippen molar-refractivity contribution in [2.24, 2.45) is 0 Å². The number of fused-ring (bicyclic) bond motifs is 1. The van der Waals surface area contributed by atoms with Crippen molar-refractivity contribution < 1.29 is 14.4 Å². The Balaban J connectivity index is 1.80. The van der Waals surface area contributed by atoms with Crippen LogP contribution in [0.15, 0.2) is 18.2 Å². The lowest BCUT2D eigenvalue weighted by atomic mass is 9.93. The van der Waals surface area contributed by atoms with Crippen LogP contribution in [0.4, 0.5) is 10.5 Å². The van der Waals surface area contributed by atoms with Crippen molar-refractivity contribution in [2.75, 3.05) is 18.0 Å². The SMILES string of the molecule is CCC1(CC)NC(=O)N(CC(=O)N2CCCc3cc(C)ccc32)C1=O. The average molecular weight is 343 g/mol. The Hall–Kier alpha value is -2.37. The molecular formula is C19H25N3O3. The molecule has 0 aromatic heterocycles. The van der Waals surface area contributed by atoms with Gasteiger partial charge in [0.1, 0.15) is 12.1 Å². The molecule has 134 valence electrons. The lowest BCUT2D eigenvalue weighted by Gasteiger charge is -2.31. The van der Waals surface area contributed by atoms with E-state index in [0.29, 0.717) is 19.4 Å². The Morgan fingerprint density at radius 1 is 1.24 bits per heavy atom. The van der Waals surface area contributed by atoms with E-state index < -0.39 is 11.6 Å². The van der Waals surface area contributed by atoms with Gasteiger partial charge in [0.05, 0.1) is 0 Å². The summed E-state index contributed by atoms with van der Waals surface area (Å²) in [7, 11) is 0. The number of urea groups is 1. The predicted octanol–water partition coefficient (Wildman–Crippen LogP) is 2.38. The van der Waals surface area contributed by atoms with Crippen LogP contribution in [0.1, 0.15) is 44.2 Å². The molecule has 25 heavy (non-hydrogen) atoms. The number of aryl methyl sites for hydroxylation is 2. The molecule has 2 heterocycles. The molecule has 4 amide bonds. The van der Waals surface area contributed by atoms with Gasteiger partial charge in [0.2, 0.25) is 5.91 Å². The smallest absolute Gasteiger partial charge is 0.323 e. The van der Waals surface area contributed by atoms with Gasteiger partial charge in [0.15, 0.2) is 0 Å². The fourth-order valence-corrected chi connectivity index (χ4v) is 3.75. The van der Waals surface area contributed by atoms with Crippen LogP contribution in [0.5, 0.6) is 0 Å². The number of nitrogens with one attached hydrogen (secondary N) is 1. The summed E-state index contributed by atoms with van der Waals surface area (Å²) >= 11 is 0. The van der Waals surface area contributed by atoms with E-state index in [1.54, 1.807) is 4.90 Å². The van der Waals surface area contributed by atoms with E-state index >= 15 is 0 Å². The molecule has 1 aromatic carbocycles. The number of carbonyl (C=O) groups is 3. The highest BCUT2D eigenvalue weighted by atomic mass is 16.2. The molecule has 6 heteroatoms. The van der Waals surface area contributed by atoms with Crippen LogP contribution in [0, 0.1) is 6.92 Å². The van der Waals surface area contributed by atoms with Gasteiger partial charge in [-0.25, -0.2) is 4.79 Å². The van der Waals surface area contributed by atoms with Gasteiger partial charge in [-0.3, -0.25) is 14.5 Å². The largest absolute Gasteiger partial charge is 0.325 e. The maximum absolute atomic E-state index is 12.8. The molecule has 3 rings (SSSR count). The second kappa shape index (κ2) is 6.50. The van der Waals surface area contributed by atoms with Crippen molar-refractivity contribution in [3.05, 3.63) is 29.3 Å². The maximum Gasteiger partial charge on any atom is 0.325 e. The minimum Gasteiger partial charge on any atom is -0.323 e. The van der Waals surface area contributed by atoms with Crippen molar-refractivity contribution in [3.8, 4) is 0 Å². The number of imide groups is 1. The molecule has 0 saturated carbocycles. The Labute approximate surface area is 148 Å². The number of carbonyl (C=O) groups excluding carboxylic acids is 3. The van der Waals surface area contributed by atoms with Gasteiger partial charge in [-0.2, -0.15) is 0 Å². The summed E-state index contributed by atoms with van der Waals surface area (Å²) in [5.41, 5.74) is 2.34. The molecule has 0 bridgehead atoms. The quantitative estimate of drug-likeness (QED) is 0.854. The van der Waals surface area contributed by atoms with Crippen molar-refractivity contribution in [1.82, 2.24) is 10.2 Å². The lowest BCUT2D eigenvalue weighted by Crippen LogP contribution is -2.47. The first kappa shape index (κ1) is 17.5. The van der Waals surface area contributed by atoms with E-state index in [-0.39, 0.29) is 18.4 Å². The summed E-state index contributed by atoms with van der Waals surface area (Å²) in [4.78, 5) is 40.5. The van der Waals surface area contributed by atoms with Gasteiger partial charge in [-0.1, -0.05) is 31.5 Å². The standard InChI is InChI=1S/C19H25N3O3/c1-4-19(5-2)17(24)22(18(25)20-19)12-16(23)21-10-6-7-14-11-13(3)8-9-15(14)21/h8-9,11H,4-7,10,12H2,1-3H3,(H,20,25). The third kappa shape index (κ3) is 2.90. The zero-order chi connectivity index (χ0) is 18.2. The van der Waals surface area contributed by atoms with Gasteiger partial charge in [-0.05, 0) is 44.2 Å². The van der Waals surface area contributed by atoms with Gasteiger partial charge in [0.25, 0.3) is 5.91 Å². The molecule has 1 aromatic rings. The Morgan fingerprint density at radius 2 is 1.96 bits per heavy atom. The second-order valence-electron chi connectivity index (χ2n) is 6.89. The average Bonchev–Trinajstić information content (AvgIpc) is 2.85. The van der Waals surface area contributed by atoms with Crippen molar-refractivity contribution in [3.63, 3.8) is 0 Å². The van der Waals surface area contributed by atoms with E-state index in [9.17, 15) is 14.4 Å². The topological polar surface area (TPSA) is 69.7 Å². The fourth-order valence-electron chi connectivity index (χ4n) is 3.75. The number of nitrogens with zero attached hydrogens (tertiary/aromatic N) is 2. The van der Waals surface area contributed by atoms with E-state index in [4.69, 9.17) is 0 Å². The van der Waals surface area contributed by atoms with E-state index in [1.165, 1.54) is 0 Å². The number of rotatable bonds is 4. The van der Waals surface area contributed by atoms with Crippen molar-refractivity contribution in [2.45, 2.75) is 52.0 Å². The van der Waals surface area contributed by atoms with Crippen LogP contribution in [-0.2, 0) is 16.0 Å². The molecule has 0 spiro atoms. The molecule has 1 N–H and O–H groups in total. The molecule has 6 nitrogen and oxygen atoms in total. The van der Waals surface area contributed by atoms with Crippen LogP contribution in [0.3, 0.4) is 0 Å². The van der Waals surface area contributed by atoms with E-state index in [1.807, 2.05) is 32.9 Å². The minimum atomic E-state index is -0.867. The number of hydrogen-bond acceptors (Lipinski definition) is 3. The number of benzene rings is 1. The van der Waals surface area contributed by atoms with Crippen LogP contribution in [0.25, 0.3) is 0 Å². The van der Waals surface area contributed by atoms with Crippen LogP contribution >= 0.6 is 0 Å². The number of hydrogen-bond donors (Lipinski definition) is 1. The van der Waals surface area contributed by atoms with Crippen LogP contribution < -0.4 is 10.2 Å². The molecule has 0 unspecified atom stereocenters. The van der Waals surface area contributed by atoms with Gasteiger partial charge in [-0.15, -0.1) is 0 Å². The molecule has 0 radical (unpaired) electrons. The van der Waals surface area contributed by atoms with Crippen molar-refractivity contribution >= 4 is 23.5 Å². The highest BCUT2D eigenvalue weighted by Crippen LogP contribution is 2.29. The third-order valence-corrected chi connectivity index (χ3v) is 5.40. The maximum atomic E-state index is 12.8. The zero-order valence-electron chi connectivity index (χ0n) is 15.1. The first-order chi connectivity index (χ1) is 11.9. The van der Waals surface area contributed by atoms with Gasteiger partial charge in [0, 0.05) is 12.2 Å². The van der Waals surface area contributed by atoms with E-state index in [0.717, 1.165) is 34.6 Å². The predicted molar refractivity (Wildman–Crippen MR) is 95.4 cm³/mol. The van der Waals surface area contributed by atoms with Crippen LogP contribution in [-0.4, -0.2) is 41.4 Å². The van der Waals surface area contributed by atoms with Crippen molar-refractivity contribution in [1.29, 1.82) is 0 Å². The highest BCUT2D eigenvalue weighted by molar-refractivity contribution is 6.10. The Kier molecular flexibility index (Phi) is 4.54. The minimum absolute atomic E-state index is 0.209. The number of amides is 4. The summed E-state index contributed by atoms with van der Waals surface area (Å²) in [6, 6.07) is 5.57. The molecule has 0 aliphatic carbocycles. The van der Waals surface area contributed by atoms with Gasteiger partial charge >= 0.3 is 6.03 Å². The third-order valence-electron chi connectivity index (χ3n) is 5.40. The highest BCUT2D eigenvalue weighted by Gasteiger charge is 2.49. The molecule has 2 aliphatic rings. The summed E-state index contributed by atoms with van der Waals surface area (Å²) in [5, 5.41) is 2.77. The molecular weight excluding hydrogens is 318 g/mol. The molecule has 2 aliphatic heterocycles. The first-order valence-corrected chi connectivity index (χ1v) is 8.96. The molecule has 1 saturated heterocycles. The molecule has 1 fully saturated rings. The zero-order valence-corrected chi connectivity index (χ0v) is 15.1. The Bertz CT molecular complexity index is 725. The monoisotopic (exact) mass is 343 g/mol. The Morgan fingerprint density at radius 3 is 2.60 bits per heavy atom. The lowest BCUT2D eigenvalue weighted by molar-refractivity contribution is -0.134. The summed E-state index contributed by atoms with van der Waals surface area (Å²) in [6.45, 7) is 6.18. The second-order valence-corrected chi connectivity index (χ2v) is 6.89. The summed E-state index contributed by atoms with van der Waals surface area (Å²) in [6.07, 6.45) is 2.87. The van der Waals surface area contributed by atoms with Crippen LogP contribution in [0.2, 0.25) is 0 Å².